The number of fused-ring (bicyclic) bond motifs is 1. The summed E-state index contributed by atoms with van der Waals surface area (Å²) in [6, 6.07) is 10.4. The summed E-state index contributed by atoms with van der Waals surface area (Å²) in [7, 11) is 0. The van der Waals surface area contributed by atoms with E-state index in [1.54, 1.807) is 18.3 Å². The van der Waals surface area contributed by atoms with Crippen molar-refractivity contribution in [2.45, 2.75) is 18.9 Å². The van der Waals surface area contributed by atoms with Crippen molar-refractivity contribution in [3.05, 3.63) is 54.5 Å². The minimum atomic E-state index is -0.570. The van der Waals surface area contributed by atoms with E-state index in [9.17, 15) is 9.59 Å². The highest BCUT2D eigenvalue weighted by Gasteiger charge is 2.21. The molecule has 0 fully saturated rings. The summed E-state index contributed by atoms with van der Waals surface area (Å²) >= 11 is 1.09. The van der Waals surface area contributed by atoms with Gasteiger partial charge in [0, 0.05) is 25.1 Å². The van der Waals surface area contributed by atoms with Crippen molar-refractivity contribution in [3.8, 4) is 0 Å². The predicted molar refractivity (Wildman–Crippen MR) is 96.1 cm³/mol. The van der Waals surface area contributed by atoms with Crippen molar-refractivity contribution >= 4 is 40.6 Å². The number of imide groups is 1. The number of carbonyl (C=O) groups is 2. The number of nitrogens with zero attached hydrogens (tertiary/aromatic N) is 4. The zero-order chi connectivity index (χ0) is 17.8. The molecule has 0 aliphatic carbocycles. The van der Waals surface area contributed by atoms with Gasteiger partial charge in [0.1, 0.15) is 5.03 Å². The molecule has 126 valence electrons. The lowest BCUT2D eigenvalue weighted by Gasteiger charge is -2.20. The average molecular weight is 353 g/mol. The fourth-order valence-electron chi connectivity index (χ4n) is 2.13. The van der Waals surface area contributed by atoms with Gasteiger partial charge in [-0.2, -0.15) is 0 Å². The van der Waals surface area contributed by atoms with Crippen LogP contribution < -0.4 is 9.62 Å². The number of amides is 3. The number of nitrogens with one attached hydrogen (secondary N) is 1. The number of benzene rings is 1. The highest BCUT2D eigenvalue weighted by molar-refractivity contribution is 8.01. The fourth-order valence-corrected chi connectivity index (χ4v) is 2.96. The summed E-state index contributed by atoms with van der Waals surface area (Å²) < 4.78 is 1.33. The standard InChI is InChI=1S/C17H15N5O2S/c1-11-16(21-15-8-4-3-7-14(15)19-11)25-22(17(24)20-12(2)23)13-6-5-9-18-10-13/h3-10H,1-2H3,(H,20,23,24). The third-order valence-corrected chi connectivity index (χ3v) is 4.35. The van der Waals surface area contributed by atoms with Gasteiger partial charge in [-0.05, 0) is 31.2 Å². The molecular weight excluding hydrogens is 338 g/mol. The van der Waals surface area contributed by atoms with Gasteiger partial charge in [0.2, 0.25) is 5.91 Å². The Morgan fingerprint density at radius 2 is 1.80 bits per heavy atom. The highest BCUT2D eigenvalue weighted by Crippen LogP contribution is 2.29. The number of aromatic nitrogens is 3. The van der Waals surface area contributed by atoms with Crippen LogP contribution in [0.5, 0.6) is 0 Å². The number of para-hydroxylation sites is 2. The Labute approximate surface area is 148 Å². The number of anilines is 1. The van der Waals surface area contributed by atoms with Crippen LogP contribution in [0.2, 0.25) is 0 Å². The topological polar surface area (TPSA) is 88.1 Å². The zero-order valence-electron chi connectivity index (χ0n) is 13.6. The van der Waals surface area contributed by atoms with Crippen molar-refractivity contribution < 1.29 is 9.59 Å². The van der Waals surface area contributed by atoms with Crippen LogP contribution in [0.1, 0.15) is 12.6 Å². The number of carbonyl (C=O) groups excluding carboxylic acids is 2. The van der Waals surface area contributed by atoms with Crippen molar-refractivity contribution in [1.29, 1.82) is 0 Å². The van der Waals surface area contributed by atoms with E-state index >= 15 is 0 Å². The lowest BCUT2D eigenvalue weighted by molar-refractivity contribution is -0.117. The summed E-state index contributed by atoms with van der Waals surface area (Å²) in [5, 5.41) is 2.84. The molecule has 8 heteroatoms. The SMILES string of the molecule is CC(=O)NC(=O)N(Sc1nc2ccccc2nc1C)c1cccnc1. The van der Waals surface area contributed by atoms with Crippen LogP contribution in [-0.4, -0.2) is 26.9 Å². The lowest BCUT2D eigenvalue weighted by atomic mass is 10.3. The number of hydrogen-bond acceptors (Lipinski definition) is 6. The molecule has 0 unspecified atom stereocenters. The van der Waals surface area contributed by atoms with Crippen LogP contribution in [0.25, 0.3) is 11.0 Å². The molecule has 0 aliphatic heterocycles. The average Bonchev–Trinajstić information content (AvgIpc) is 2.60. The molecule has 3 aromatic rings. The molecule has 2 aromatic heterocycles. The first-order chi connectivity index (χ1) is 12.0. The van der Waals surface area contributed by atoms with Gasteiger partial charge < -0.3 is 0 Å². The number of hydrogen-bond donors (Lipinski definition) is 1. The maximum absolute atomic E-state index is 12.4. The van der Waals surface area contributed by atoms with E-state index in [4.69, 9.17) is 0 Å². The second-order valence-electron chi connectivity index (χ2n) is 5.19. The molecule has 25 heavy (non-hydrogen) atoms. The van der Waals surface area contributed by atoms with E-state index in [0.29, 0.717) is 16.4 Å². The summed E-state index contributed by atoms with van der Waals surface area (Å²) in [5.41, 5.74) is 2.73. The first kappa shape index (κ1) is 16.8. The quantitative estimate of drug-likeness (QED) is 0.728. The monoisotopic (exact) mass is 353 g/mol. The maximum atomic E-state index is 12.4. The smallest absolute Gasteiger partial charge is 0.277 e. The van der Waals surface area contributed by atoms with Gasteiger partial charge in [0.15, 0.2) is 0 Å². The minimum Gasteiger partial charge on any atom is -0.277 e. The van der Waals surface area contributed by atoms with Crippen molar-refractivity contribution in [3.63, 3.8) is 0 Å². The second kappa shape index (κ2) is 7.27. The largest absolute Gasteiger partial charge is 0.339 e. The number of pyridine rings is 1. The van der Waals surface area contributed by atoms with Gasteiger partial charge in [0.25, 0.3) is 0 Å². The summed E-state index contributed by atoms with van der Waals surface area (Å²) in [4.78, 5) is 36.8. The first-order valence-corrected chi connectivity index (χ1v) is 8.25. The first-order valence-electron chi connectivity index (χ1n) is 7.47. The van der Waals surface area contributed by atoms with Gasteiger partial charge in [-0.25, -0.2) is 19.1 Å². The Hall–Kier alpha value is -3.00. The van der Waals surface area contributed by atoms with Gasteiger partial charge in [-0.15, -0.1) is 0 Å². The molecule has 0 spiro atoms. The zero-order valence-corrected chi connectivity index (χ0v) is 14.4. The number of urea groups is 1. The van der Waals surface area contributed by atoms with Gasteiger partial charge in [-0.1, -0.05) is 12.1 Å². The number of aryl methyl sites for hydroxylation is 1. The maximum Gasteiger partial charge on any atom is 0.339 e. The molecule has 0 radical (unpaired) electrons. The van der Waals surface area contributed by atoms with Crippen LogP contribution in [0.3, 0.4) is 0 Å². The second-order valence-corrected chi connectivity index (χ2v) is 6.12. The molecule has 0 saturated heterocycles. The molecule has 2 heterocycles. The van der Waals surface area contributed by atoms with E-state index in [-0.39, 0.29) is 0 Å². The lowest BCUT2D eigenvalue weighted by Crippen LogP contribution is -2.38. The minimum absolute atomic E-state index is 0.444. The Morgan fingerprint density at radius 1 is 1.08 bits per heavy atom. The van der Waals surface area contributed by atoms with Crippen molar-refractivity contribution in [1.82, 2.24) is 20.3 Å². The summed E-state index contributed by atoms with van der Waals surface area (Å²) in [6.45, 7) is 3.11. The fraction of sp³-hybridized carbons (Fsp3) is 0.118. The molecule has 3 rings (SSSR count). The van der Waals surface area contributed by atoms with Crippen LogP contribution in [0.4, 0.5) is 10.5 Å². The van der Waals surface area contributed by atoms with Gasteiger partial charge in [-0.3, -0.25) is 15.1 Å². The van der Waals surface area contributed by atoms with E-state index in [2.05, 4.69) is 20.3 Å². The summed E-state index contributed by atoms with van der Waals surface area (Å²) in [6.07, 6.45) is 3.15. The summed E-state index contributed by atoms with van der Waals surface area (Å²) in [5.74, 6) is -0.444. The molecule has 0 bridgehead atoms. The Kier molecular flexibility index (Phi) is 4.90. The van der Waals surface area contributed by atoms with Crippen LogP contribution in [0.15, 0.2) is 53.8 Å². The molecule has 7 nitrogen and oxygen atoms in total. The Morgan fingerprint density at radius 3 is 2.44 bits per heavy atom. The molecule has 0 atom stereocenters. The normalized spacial score (nSPS) is 10.5. The van der Waals surface area contributed by atoms with Crippen LogP contribution in [0, 0.1) is 6.92 Å². The Balaban J connectivity index is 1.99. The van der Waals surface area contributed by atoms with E-state index in [1.807, 2.05) is 31.2 Å². The van der Waals surface area contributed by atoms with Crippen molar-refractivity contribution in [2.75, 3.05) is 4.31 Å². The third kappa shape index (κ3) is 3.92. The van der Waals surface area contributed by atoms with Crippen LogP contribution in [-0.2, 0) is 4.79 Å². The van der Waals surface area contributed by atoms with E-state index < -0.39 is 11.9 Å². The molecule has 3 amide bonds. The van der Waals surface area contributed by atoms with E-state index in [1.165, 1.54) is 17.4 Å². The predicted octanol–water partition coefficient (Wildman–Crippen LogP) is 3.10. The third-order valence-electron chi connectivity index (χ3n) is 3.23. The molecule has 0 saturated carbocycles. The molecular formula is C17H15N5O2S. The number of rotatable bonds is 3. The molecule has 1 aromatic carbocycles. The van der Waals surface area contributed by atoms with Gasteiger partial charge >= 0.3 is 6.03 Å². The van der Waals surface area contributed by atoms with E-state index in [0.717, 1.165) is 23.0 Å². The van der Waals surface area contributed by atoms with Gasteiger partial charge in [0.05, 0.1) is 28.6 Å². The van der Waals surface area contributed by atoms with Crippen LogP contribution >= 0.6 is 11.9 Å². The van der Waals surface area contributed by atoms with Crippen molar-refractivity contribution in [2.24, 2.45) is 0 Å². The highest BCUT2D eigenvalue weighted by atomic mass is 32.2. The Bertz CT molecular complexity index is 933. The molecule has 0 aliphatic rings. The molecule has 1 N–H and O–H groups in total.